The quantitative estimate of drug-likeness (QED) is 0.718. The van der Waals surface area contributed by atoms with E-state index >= 15 is 0 Å². The van der Waals surface area contributed by atoms with Crippen LogP contribution in [0.3, 0.4) is 0 Å². The van der Waals surface area contributed by atoms with Gasteiger partial charge in [-0.3, -0.25) is 4.79 Å². The molecular formula is C11H19N3O. The third-order valence-electron chi connectivity index (χ3n) is 3.08. The molecule has 4 nitrogen and oxygen atoms in total. The van der Waals surface area contributed by atoms with Crippen LogP contribution in [0.2, 0.25) is 0 Å². The molecule has 0 spiro atoms. The van der Waals surface area contributed by atoms with Crippen molar-refractivity contribution in [1.82, 2.24) is 5.32 Å². The van der Waals surface area contributed by atoms with E-state index in [9.17, 15) is 4.79 Å². The number of nitrogens with two attached hydrogens (primary N) is 1. The molecule has 1 fully saturated rings. The molecule has 84 valence electrons. The zero-order valence-corrected chi connectivity index (χ0v) is 9.20. The summed E-state index contributed by atoms with van der Waals surface area (Å²) < 4.78 is 0. The van der Waals surface area contributed by atoms with Gasteiger partial charge in [-0.25, -0.2) is 0 Å². The van der Waals surface area contributed by atoms with Crippen LogP contribution in [-0.4, -0.2) is 18.5 Å². The first kappa shape index (κ1) is 12.0. The normalized spacial score (nSPS) is 27.0. The number of nitriles is 1. The van der Waals surface area contributed by atoms with Gasteiger partial charge in [-0.05, 0) is 32.2 Å². The van der Waals surface area contributed by atoms with Gasteiger partial charge in [0.1, 0.15) is 0 Å². The van der Waals surface area contributed by atoms with E-state index in [2.05, 4.69) is 5.32 Å². The Kier molecular flexibility index (Phi) is 4.57. The molecule has 0 saturated heterocycles. The molecule has 3 atom stereocenters. The molecule has 0 radical (unpaired) electrons. The van der Waals surface area contributed by atoms with Crippen LogP contribution >= 0.6 is 0 Å². The van der Waals surface area contributed by atoms with Crippen LogP contribution in [0.1, 0.15) is 32.6 Å². The Bertz CT molecular complexity index is 259. The van der Waals surface area contributed by atoms with Gasteiger partial charge in [0, 0.05) is 12.0 Å². The minimum absolute atomic E-state index is 0.0541. The molecule has 1 aliphatic carbocycles. The summed E-state index contributed by atoms with van der Waals surface area (Å²) in [6.07, 6.45) is 3.45. The minimum atomic E-state index is -0.0541. The Morgan fingerprint density at radius 1 is 1.67 bits per heavy atom. The number of hydrogen-bond donors (Lipinski definition) is 2. The van der Waals surface area contributed by atoms with Gasteiger partial charge >= 0.3 is 0 Å². The molecule has 1 saturated carbocycles. The van der Waals surface area contributed by atoms with Crippen LogP contribution in [0, 0.1) is 23.2 Å². The van der Waals surface area contributed by atoms with Gasteiger partial charge in [0.25, 0.3) is 0 Å². The molecule has 4 heteroatoms. The SMILES string of the molecule is CC(CC#N)NC(=O)C1CCCC1CN. The van der Waals surface area contributed by atoms with Crippen molar-refractivity contribution in [2.24, 2.45) is 17.6 Å². The first-order chi connectivity index (χ1) is 7.19. The van der Waals surface area contributed by atoms with Gasteiger partial charge in [0.15, 0.2) is 0 Å². The Morgan fingerprint density at radius 2 is 2.40 bits per heavy atom. The standard InChI is InChI=1S/C11H19N3O/c1-8(5-6-12)14-11(15)10-4-2-3-9(10)7-13/h8-10H,2-5,7,13H2,1H3,(H,14,15). The van der Waals surface area contributed by atoms with Gasteiger partial charge in [-0.1, -0.05) is 6.42 Å². The maximum absolute atomic E-state index is 11.8. The van der Waals surface area contributed by atoms with Crippen molar-refractivity contribution in [3.63, 3.8) is 0 Å². The molecule has 3 N–H and O–H groups in total. The number of carbonyl (C=O) groups excluding carboxylic acids is 1. The fourth-order valence-corrected chi connectivity index (χ4v) is 2.20. The highest BCUT2D eigenvalue weighted by molar-refractivity contribution is 5.79. The monoisotopic (exact) mass is 209 g/mol. The summed E-state index contributed by atoms with van der Waals surface area (Å²) >= 11 is 0. The predicted octanol–water partition coefficient (Wildman–Crippen LogP) is 0.780. The zero-order chi connectivity index (χ0) is 11.3. The molecule has 1 rings (SSSR count). The van der Waals surface area contributed by atoms with Crippen molar-refractivity contribution in [1.29, 1.82) is 5.26 Å². The van der Waals surface area contributed by atoms with E-state index in [1.54, 1.807) is 0 Å². The van der Waals surface area contributed by atoms with Gasteiger partial charge in [0.2, 0.25) is 5.91 Å². The maximum atomic E-state index is 11.8. The molecule has 0 aromatic rings. The minimum Gasteiger partial charge on any atom is -0.352 e. The summed E-state index contributed by atoms with van der Waals surface area (Å²) in [6, 6.07) is 2.00. The van der Waals surface area contributed by atoms with Crippen molar-refractivity contribution < 1.29 is 4.79 Å². The lowest BCUT2D eigenvalue weighted by atomic mass is 9.95. The Balaban J connectivity index is 2.43. The third kappa shape index (κ3) is 3.21. The van der Waals surface area contributed by atoms with Crippen LogP contribution in [0.4, 0.5) is 0 Å². The van der Waals surface area contributed by atoms with Crippen molar-refractivity contribution in [2.45, 2.75) is 38.6 Å². The largest absolute Gasteiger partial charge is 0.352 e. The van der Waals surface area contributed by atoms with E-state index in [0.29, 0.717) is 18.9 Å². The van der Waals surface area contributed by atoms with Crippen molar-refractivity contribution >= 4 is 5.91 Å². The first-order valence-electron chi connectivity index (χ1n) is 5.56. The summed E-state index contributed by atoms with van der Waals surface area (Å²) in [5, 5.41) is 11.4. The Morgan fingerprint density at radius 3 is 3.00 bits per heavy atom. The first-order valence-corrected chi connectivity index (χ1v) is 5.56. The summed E-state index contributed by atoms with van der Waals surface area (Å²) in [6.45, 7) is 2.44. The number of amides is 1. The second-order valence-corrected chi connectivity index (χ2v) is 4.31. The van der Waals surface area contributed by atoms with E-state index in [-0.39, 0.29) is 17.9 Å². The molecule has 0 aromatic heterocycles. The second kappa shape index (κ2) is 5.72. The fraction of sp³-hybridized carbons (Fsp3) is 0.818. The highest BCUT2D eigenvalue weighted by atomic mass is 16.1. The second-order valence-electron chi connectivity index (χ2n) is 4.31. The average Bonchev–Trinajstić information content (AvgIpc) is 2.65. The molecule has 0 bridgehead atoms. The smallest absolute Gasteiger partial charge is 0.223 e. The van der Waals surface area contributed by atoms with E-state index in [1.165, 1.54) is 0 Å². The van der Waals surface area contributed by atoms with Crippen LogP contribution in [0.15, 0.2) is 0 Å². The van der Waals surface area contributed by atoms with Crippen molar-refractivity contribution in [3.8, 4) is 6.07 Å². The van der Waals surface area contributed by atoms with Gasteiger partial charge < -0.3 is 11.1 Å². The van der Waals surface area contributed by atoms with Gasteiger partial charge in [-0.2, -0.15) is 5.26 Å². The summed E-state index contributed by atoms with van der Waals surface area (Å²) in [5.41, 5.74) is 5.62. The molecule has 0 heterocycles. The maximum Gasteiger partial charge on any atom is 0.223 e. The lowest BCUT2D eigenvalue weighted by molar-refractivity contribution is -0.126. The lowest BCUT2D eigenvalue weighted by Crippen LogP contribution is -2.39. The molecule has 1 aliphatic rings. The third-order valence-corrected chi connectivity index (χ3v) is 3.08. The number of rotatable bonds is 4. The summed E-state index contributed by atoms with van der Waals surface area (Å²) in [4.78, 5) is 11.8. The number of carbonyl (C=O) groups is 1. The van der Waals surface area contributed by atoms with E-state index in [1.807, 2.05) is 13.0 Å². The van der Waals surface area contributed by atoms with E-state index in [0.717, 1.165) is 19.3 Å². The molecule has 1 amide bonds. The Hall–Kier alpha value is -1.08. The van der Waals surface area contributed by atoms with Crippen LogP contribution in [-0.2, 0) is 4.79 Å². The molecule has 3 unspecified atom stereocenters. The zero-order valence-electron chi connectivity index (χ0n) is 9.20. The Labute approximate surface area is 90.8 Å². The van der Waals surface area contributed by atoms with Crippen molar-refractivity contribution in [3.05, 3.63) is 0 Å². The van der Waals surface area contributed by atoms with E-state index in [4.69, 9.17) is 11.0 Å². The van der Waals surface area contributed by atoms with Gasteiger partial charge in [-0.15, -0.1) is 0 Å². The molecule has 0 aromatic carbocycles. The van der Waals surface area contributed by atoms with Crippen LogP contribution in [0.5, 0.6) is 0 Å². The predicted molar refractivity (Wildman–Crippen MR) is 57.7 cm³/mol. The molecule has 0 aliphatic heterocycles. The average molecular weight is 209 g/mol. The molecule has 15 heavy (non-hydrogen) atoms. The van der Waals surface area contributed by atoms with Crippen LogP contribution < -0.4 is 11.1 Å². The highest BCUT2D eigenvalue weighted by Gasteiger charge is 2.32. The number of nitrogens with one attached hydrogen (secondary N) is 1. The van der Waals surface area contributed by atoms with Crippen molar-refractivity contribution in [2.75, 3.05) is 6.54 Å². The highest BCUT2D eigenvalue weighted by Crippen LogP contribution is 2.30. The number of hydrogen-bond acceptors (Lipinski definition) is 3. The number of nitrogens with zero attached hydrogens (tertiary/aromatic N) is 1. The van der Waals surface area contributed by atoms with Crippen LogP contribution in [0.25, 0.3) is 0 Å². The lowest BCUT2D eigenvalue weighted by Gasteiger charge is -2.19. The topological polar surface area (TPSA) is 78.9 Å². The fourth-order valence-electron chi connectivity index (χ4n) is 2.20. The molecular weight excluding hydrogens is 190 g/mol. The van der Waals surface area contributed by atoms with E-state index < -0.39 is 0 Å². The summed E-state index contributed by atoms with van der Waals surface area (Å²) in [7, 11) is 0. The summed E-state index contributed by atoms with van der Waals surface area (Å²) in [5.74, 6) is 0.473. The van der Waals surface area contributed by atoms with Gasteiger partial charge in [0.05, 0.1) is 12.5 Å².